The summed E-state index contributed by atoms with van der Waals surface area (Å²) in [7, 11) is 1.41. The molecule has 0 aliphatic heterocycles. The number of rotatable bonds is 5. The maximum absolute atomic E-state index is 12.5. The van der Waals surface area contributed by atoms with Gasteiger partial charge in [0.05, 0.1) is 0 Å². The molecule has 4 nitrogen and oxygen atoms in total. The summed E-state index contributed by atoms with van der Waals surface area (Å²) < 4.78 is 37.6. The maximum atomic E-state index is 12.5. The van der Waals surface area contributed by atoms with Gasteiger partial charge < -0.3 is 10.2 Å². The molecule has 1 heterocycles. The van der Waals surface area contributed by atoms with Crippen LogP contribution in [0.2, 0.25) is 0 Å². The molecule has 1 saturated carbocycles. The van der Waals surface area contributed by atoms with Crippen molar-refractivity contribution in [2.24, 2.45) is 0 Å². The Morgan fingerprint density at radius 2 is 1.95 bits per heavy atom. The second-order valence-corrected chi connectivity index (χ2v) is 5.15. The van der Waals surface area contributed by atoms with Crippen LogP contribution in [0, 0.1) is 6.92 Å². The number of nitrogens with zero attached hydrogens (tertiary/aromatic N) is 3. The van der Waals surface area contributed by atoms with Crippen molar-refractivity contribution in [3.05, 3.63) is 11.4 Å². The van der Waals surface area contributed by atoms with Gasteiger partial charge in [-0.3, -0.25) is 0 Å². The lowest BCUT2D eigenvalue weighted by molar-refractivity contribution is -0.119. The van der Waals surface area contributed by atoms with Crippen molar-refractivity contribution >= 4 is 11.6 Å². The maximum Gasteiger partial charge on any atom is 0.405 e. The van der Waals surface area contributed by atoms with Crippen molar-refractivity contribution in [1.82, 2.24) is 9.97 Å². The van der Waals surface area contributed by atoms with Gasteiger partial charge in [0.1, 0.15) is 24.0 Å². The monoisotopic (exact) mass is 288 g/mol. The summed E-state index contributed by atoms with van der Waals surface area (Å²) in [6.07, 6.45) is -2.22. The van der Waals surface area contributed by atoms with Crippen molar-refractivity contribution in [3.8, 4) is 0 Å². The van der Waals surface area contributed by atoms with E-state index in [1.165, 1.54) is 7.05 Å². The van der Waals surface area contributed by atoms with Gasteiger partial charge in [-0.05, 0) is 26.7 Å². The fourth-order valence-electron chi connectivity index (χ4n) is 2.10. The van der Waals surface area contributed by atoms with Gasteiger partial charge in [-0.25, -0.2) is 9.97 Å². The summed E-state index contributed by atoms with van der Waals surface area (Å²) in [4.78, 5) is 9.91. The van der Waals surface area contributed by atoms with E-state index in [9.17, 15) is 13.2 Å². The van der Waals surface area contributed by atoms with E-state index in [0.29, 0.717) is 35.5 Å². The zero-order valence-electron chi connectivity index (χ0n) is 11.9. The smallest absolute Gasteiger partial charge is 0.370 e. The van der Waals surface area contributed by atoms with E-state index in [1.807, 2.05) is 6.92 Å². The molecule has 0 bridgehead atoms. The summed E-state index contributed by atoms with van der Waals surface area (Å²) in [6, 6.07) is 0. The Bertz CT molecular complexity index is 483. The summed E-state index contributed by atoms with van der Waals surface area (Å²) in [6.45, 7) is 3.33. The molecule has 0 amide bonds. The van der Waals surface area contributed by atoms with Crippen molar-refractivity contribution < 1.29 is 13.2 Å². The van der Waals surface area contributed by atoms with Crippen LogP contribution in [0.1, 0.15) is 37.1 Å². The molecule has 1 aliphatic rings. The molecule has 0 atom stereocenters. The first-order valence-electron chi connectivity index (χ1n) is 6.72. The Hall–Kier alpha value is -1.53. The van der Waals surface area contributed by atoms with Crippen LogP contribution < -0.4 is 10.2 Å². The Morgan fingerprint density at radius 1 is 1.30 bits per heavy atom. The Balaban J connectivity index is 2.34. The van der Waals surface area contributed by atoms with E-state index in [2.05, 4.69) is 15.3 Å². The highest BCUT2D eigenvalue weighted by atomic mass is 19.4. The molecule has 0 saturated heterocycles. The lowest BCUT2D eigenvalue weighted by Crippen LogP contribution is -2.32. The van der Waals surface area contributed by atoms with Crippen LogP contribution in [0.5, 0.6) is 0 Å². The third kappa shape index (κ3) is 3.52. The fourth-order valence-corrected chi connectivity index (χ4v) is 2.10. The largest absolute Gasteiger partial charge is 0.405 e. The van der Waals surface area contributed by atoms with Crippen LogP contribution >= 0.6 is 0 Å². The molecule has 2 rings (SSSR count). The first kappa shape index (κ1) is 14.9. The number of aromatic nitrogens is 2. The van der Waals surface area contributed by atoms with Gasteiger partial charge in [0, 0.05) is 25.1 Å². The number of hydrogen-bond donors (Lipinski definition) is 1. The topological polar surface area (TPSA) is 41.1 Å². The van der Waals surface area contributed by atoms with Crippen LogP contribution in [-0.2, 0) is 0 Å². The van der Waals surface area contributed by atoms with Gasteiger partial charge >= 0.3 is 6.18 Å². The molecule has 0 spiro atoms. The van der Waals surface area contributed by atoms with Crippen molar-refractivity contribution in [2.45, 2.75) is 38.8 Å². The lowest BCUT2D eigenvalue weighted by Gasteiger charge is -2.23. The third-order valence-corrected chi connectivity index (χ3v) is 3.20. The number of hydrogen-bond acceptors (Lipinski definition) is 4. The van der Waals surface area contributed by atoms with E-state index < -0.39 is 12.7 Å². The molecular formula is C13H19F3N4. The van der Waals surface area contributed by atoms with Crippen molar-refractivity contribution in [2.75, 3.05) is 30.4 Å². The molecule has 0 aromatic carbocycles. The zero-order valence-corrected chi connectivity index (χ0v) is 11.9. The molecule has 1 aromatic rings. The standard InChI is InChI=1S/C13H19F3N4/c1-4-17-10-8(2)12(20(3)7-13(14,15)16)19-11(18-10)9-5-6-9/h9H,4-7H2,1-3H3,(H,17,18,19). The highest BCUT2D eigenvalue weighted by Gasteiger charge is 2.32. The van der Waals surface area contributed by atoms with Gasteiger partial charge in [-0.15, -0.1) is 0 Å². The van der Waals surface area contributed by atoms with Gasteiger partial charge in [0.2, 0.25) is 0 Å². The van der Waals surface area contributed by atoms with Gasteiger partial charge in [-0.2, -0.15) is 13.2 Å². The number of alkyl halides is 3. The van der Waals surface area contributed by atoms with Crippen LogP contribution in [0.25, 0.3) is 0 Å². The normalized spacial score (nSPS) is 15.3. The first-order chi connectivity index (χ1) is 9.31. The summed E-state index contributed by atoms with van der Waals surface area (Å²) in [5.74, 6) is 1.94. The molecular weight excluding hydrogens is 269 g/mol. The second kappa shape index (κ2) is 5.46. The second-order valence-electron chi connectivity index (χ2n) is 5.15. The van der Waals surface area contributed by atoms with Crippen LogP contribution in [-0.4, -0.2) is 36.3 Å². The molecule has 112 valence electrons. The number of halogens is 3. The van der Waals surface area contributed by atoms with Crippen LogP contribution in [0.3, 0.4) is 0 Å². The quantitative estimate of drug-likeness (QED) is 0.904. The molecule has 1 N–H and O–H groups in total. The Kier molecular flexibility index (Phi) is 4.06. The van der Waals surface area contributed by atoms with E-state index >= 15 is 0 Å². The zero-order chi connectivity index (χ0) is 14.9. The Morgan fingerprint density at radius 3 is 2.45 bits per heavy atom. The Labute approximate surface area is 116 Å². The predicted molar refractivity (Wildman–Crippen MR) is 72.2 cm³/mol. The third-order valence-electron chi connectivity index (χ3n) is 3.20. The van der Waals surface area contributed by atoms with Crippen molar-refractivity contribution in [1.29, 1.82) is 0 Å². The van der Waals surface area contributed by atoms with Gasteiger partial charge in [0.15, 0.2) is 0 Å². The molecule has 7 heteroatoms. The minimum atomic E-state index is -4.25. The number of nitrogens with one attached hydrogen (secondary N) is 1. The van der Waals surface area contributed by atoms with Crippen molar-refractivity contribution in [3.63, 3.8) is 0 Å². The number of anilines is 2. The predicted octanol–water partition coefficient (Wildman–Crippen LogP) is 3.09. The first-order valence-corrected chi connectivity index (χ1v) is 6.72. The lowest BCUT2D eigenvalue weighted by atomic mass is 10.2. The average molecular weight is 288 g/mol. The molecule has 20 heavy (non-hydrogen) atoms. The van der Waals surface area contributed by atoms with E-state index in [1.54, 1.807) is 6.92 Å². The van der Waals surface area contributed by atoms with E-state index in [4.69, 9.17) is 0 Å². The summed E-state index contributed by atoms with van der Waals surface area (Å²) in [5, 5.41) is 3.10. The van der Waals surface area contributed by atoms with Gasteiger partial charge in [-0.1, -0.05) is 0 Å². The average Bonchev–Trinajstić information content (AvgIpc) is 3.13. The SMILES string of the molecule is CCNc1nc(C2CC2)nc(N(C)CC(F)(F)F)c1C. The summed E-state index contributed by atoms with van der Waals surface area (Å²) >= 11 is 0. The molecule has 1 fully saturated rings. The summed E-state index contributed by atoms with van der Waals surface area (Å²) in [5.41, 5.74) is 0.656. The highest BCUT2D eigenvalue weighted by Crippen LogP contribution is 2.40. The minimum absolute atomic E-state index is 0.297. The molecule has 1 aromatic heterocycles. The van der Waals surface area contributed by atoms with Gasteiger partial charge in [0.25, 0.3) is 0 Å². The minimum Gasteiger partial charge on any atom is -0.370 e. The van der Waals surface area contributed by atoms with E-state index in [-0.39, 0.29) is 0 Å². The van der Waals surface area contributed by atoms with Crippen LogP contribution in [0.4, 0.5) is 24.8 Å². The molecule has 0 unspecified atom stereocenters. The highest BCUT2D eigenvalue weighted by molar-refractivity contribution is 5.58. The van der Waals surface area contributed by atoms with E-state index in [0.717, 1.165) is 17.7 Å². The fraction of sp³-hybridized carbons (Fsp3) is 0.692. The van der Waals surface area contributed by atoms with Crippen LogP contribution in [0.15, 0.2) is 0 Å². The molecule has 1 aliphatic carbocycles. The molecule has 0 radical (unpaired) electrons.